The van der Waals surface area contributed by atoms with Gasteiger partial charge in [0, 0.05) is 18.4 Å². The van der Waals surface area contributed by atoms with E-state index in [9.17, 15) is 16.8 Å². The highest BCUT2D eigenvalue weighted by Crippen LogP contribution is 2.19. The lowest BCUT2D eigenvalue weighted by atomic mass is 10.3. The molecule has 2 N–H and O–H groups in total. The number of benzene rings is 1. The minimum atomic E-state index is -3.90. The van der Waals surface area contributed by atoms with E-state index < -0.39 is 20.0 Å². The van der Waals surface area contributed by atoms with Crippen LogP contribution in [0.1, 0.15) is 20.3 Å². The van der Waals surface area contributed by atoms with Gasteiger partial charge in [-0.25, -0.2) is 21.6 Å². The lowest BCUT2D eigenvalue weighted by molar-refractivity contribution is 0.555. The summed E-state index contributed by atoms with van der Waals surface area (Å²) in [5.41, 5.74) is 0.344. The Balaban J connectivity index is 2.33. The number of anilines is 1. The van der Waals surface area contributed by atoms with E-state index in [-0.39, 0.29) is 15.8 Å². The summed E-state index contributed by atoms with van der Waals surface area (Å²) in [6, 6.07) is 7.98. The van der Waals surface area contributed by atoms with Crippen LogP contribution in [0.3, 0.4) is 0 Å². The predicted molar refractivity (Wildman–Crippen MR) is 91.6 cm³/mol. The first kappa shape index (κ1) is 18.4. The Kier molecular flexibility index (Phi) is 5.58. The number of hydrogen-bond acceptors (Lipinski definition) is 5. The smallest absolute Gasteiger partial charge is 0.261 e. The van der Waals surface area contributed by atoms with Gasteiger partial charge in [-0.2, -0.15) is 0 Å². The van der Waals surface area contributed by atoms with Gasteiger partial charge >= 0.3 is 0 Å². The van der Waals surface area contributed by atoms with Crippen LogP contribution in [0.4, 0.5) is 5.69 Å². The first-order valence-corrected chi connectivity index (χ1v) is 10.3. The van der Waals surface area contributed by atoms with Crippen LogP contribution in [0.25, 0.3) is 0 Å². The molecular weight excluding hydrogens is 350 g/mol. The molecule has 7 nitrogen and oxygen atoms in total. The molecule has 1 unspecified atom stereocenters. The van der Waals surface area contributed by atoms with Gasteiger partial charge in [-0.05, 0) is 43.7 Å². The summed E-state index contributed by atoms with van der Waals surface area (Å²) in [5, 5.41) is 0. The molecule has 9 heteroatoms. The first-order valence-electron chi connectivity index (χ1n) is 7.30. The van der Waals surface area contributed by atoms with Gasteiger partial charge in [-0.15, -0.1) is 0 Å². The van der Waals surface area contributed by atoms with Crippen molar-refractivity contribution in [2.45, 2.75) is 36.1 Å². The molecule has 130 valence electrons. The molecule has 0 bridgehead atoms. The Morgan fingerprint density at radius 2 is 1.58 bits per heavy atom. The maximum absolute atomic E-state index is 12.4. The van der Waals surface area contributed by atoms with Crippen LogP contribution in [0, 0.1) is 0 Å². The molecule has 0 spiro atoms. The predicted octanol–water partition coefficient (Wildman–Crippen LogP) is 1.96. The fourth-order valence-electron chi connectivity index (χ4n) is 1.86. The van der Waals surface area contributed by atoms with Gasteiger partial charge in [-0.1, -0.05) is 13.0 Å². The van der Waals surface area contributed by atoms with E-state index in [1.807, 2.05) is 6.92 Å². The van der Waals surface area contributed by atoms with Crippen molar-refractivity contribution in [3.63, 3.8) is 0 Å². The highest BCUT2D eigenvalue weighted by atomic mass is 32.2. The summed E-state index contributed by atoms with van der Waals surface area (Å²) < 4.78 is 54.3. The molecule has 1 aromatic heterocycles. The van der Waals surface area contributed by atoms with Crippen molar-refractivity contribution in [3.05, 3.63) is 48.8 Å². The largest absolute Gasteiger partial charge is 0.280 e. The summed E-state index contributed by atoms with van der Waals surface area (Å²) in [7, 11) is -7.68. The number of nitrogens with one attached hydrogen (secondary N) is 2. The Labute approximate surface area is 142 Å². The molecule has 2 aromatic rings. The van der Waals surface area contributed by atoms with Gasteiger partial charge < -0.3 is 0 Å². The van der Waals surface area contributed by atoms with Crippen LogP contribution in [-0.2, 0) is 20.0 Å². The number of nitrogens with zero attached hydrogens (tertiary/aromatic N) is 1. The van der Waals surface area contributed by atoms with Gasteiger partial charge in [0.25, 0.3) is 10.0 Å². The molecule has 0 aliphatic rings. The van der Waals surface area contributed by atoms with Crippen LogP contribution in [0.2, 0.25) is 0 Å². The van der Waals surface area contributed by atoms with E-state index in [0.717, 1.165) is 6.07 Å². The second-order valence-electron chi connectivity index (χ2n) is 5.25. The molecule has 0 saturated carbocycles. The third-order valence-electron chi connectivity index (χ3n) is 3.33. The molecule has 1 heterocycles. The van der Waals surface area contributed by atoms with Gasteiger partial charge in [0.05, 0.1) is 15.5 Å². The zero-order chi connectivity index (χ0) is 17.8. The average Bonchev–Trinajstić information content (AvgIpc) is 2.55. The number of aromatic nitrogens is 1. The Hall–Kier alpha value is -1.97. The van der Waals surface area contributed by atoms with Crippen LogP contribution in [0.5, 0.6) is 0 Å². The van der Waals surface area contributed by atoms with Gasteiger partial charge in [-0.3, -0.25) is 9.71 Å². The number of pyridine rings is 1. The molecule has 0 amide bonds. The quantitative estimate of drug-likeness (QED) is 0.776. The summed E-state index contributed by atoms with van der Waals surface area (Å²) >= 11 is 0. The van der Waals surface area contributed by atoms with E-state index in [1.165, 1.54) is 42.7 Å². The maximum Gasteiger partial charge on any atom is 0.261 e. The van der Waals surface area contributed by atoms with Crippen LogP contribution in [0.15, 0.2) is 58.6 Å². The van der Waals surface area contributed by atoms with Crippen LogP contribution >= 0.6 is 0 Å². The second kappa shape index (κ2) is 7.29. The Bertz CT molecular complexity index is 897. The number of sulfonamides is 2. The SMILES string of the molecule is CCC(C)NS(=O)(=O)c1cccc(S(=O)(=O)Nc2ccncc2)c1. The zero-order valence-electron chi connectivity index (χ0n) is 13.3. The summed E-state index contributed by atoms with van der Waals surface area (Å²) in [4.78, 5) is 3.58. The summed E-state index contributed by atoms with van der Waals surface area (Å²) in [6.45, 7) is 3.59. The average molecular weight is 369 g/mol. The maximum atomic E-state index is 12.4. The molecule has 1 aromatic carbocycles. The lowest BCUT2D eigenvalue weighted by Crippen LogP contribution is -2.32. The van der Waals surface area contributed by atoms with E-state index in [1.54, 1.807) is 6.92 Å². The minimum absolute atomic E-state index is 0.0968. The van der Waals surface area contributed by atoms with E-state index >= 15 is 0 Å². The number of hydrogen-bond donors (Lipinski definition) is 2. The molecule has 0 fully saturated rings. The standard InChI is InChI=1S/C15H19N3O4S2/c1-3-12(2)17-23(19,20)14-5-4-6-15(11-14)24(21,22)18-13-7-9-16-10-8-13/h4-12,17H,3H2,1-2H3,(H,16,18). The highest BCUT2D eigenvalue weighted by Gasteiger charge is 2.20. The van der Waals surface area contributed by atoms with E-state index in [0.29, 0.717) is 12.1 Å². The van der Waals surface area contributed by atoms with Crippen molar-refractivity contribution in [2.24, 2.45) is 0 Å². The van der Waals surface area contributed by atoms with Crippen molar-refractivity contribution in [3.8, 4) is 0 Å². The minimum Gasteiger partial charge on any atom is -0.280 e. The molecule has 0 aliphatic heterocycles. The van der Waals surface area contributed by atoms with Crippen molar-refractivity contribution < 1.29 is 16.8 Å². The van der Waals surface area contributed by atoms with Crippen molar-refractivity contribution in [2.75, 3.05) is 4.72 Å². The monoisotopic (exact) mass is 369 g/mol. The molecule has 2 rings (SSSR count). The first-order chi connectivity index (χ1) is 11.2. The fourth-order valence-corrected chi connectivity index (χ4v) is 4.41. The topological polar surface area (TPSA) is 105 Å². The second-order valence-corrected chi connectivity index (χ2v) is 8.64. The van der Waals surface area contributed by atoms with Gasteiger partial charge in [0.15, 0.2) is 0 Å². The third-order valence-corrected chi connectivity index (χ3v) is 6.29. The van der Waals surface area contributed by atoms with Crippen molar-refractivity contribution in [1.29, 1.82) is 0 Å². The number of rotatable bonds is 7. The summed E-state index contributed by atoms with van der Waals surface area (Å²) in [6.07, 6.45) is 3.53. The molecular formula is C15H19N3O4S2. The Morgan fingerprint density at radius 1 is 1.00 bits per heavy atom. The normalized spacial score (nSPS) is 13.4. The van der Waals surface area contributed by atoms with Gasteiger partial charge in [0.1, 0.15) is 0 Å². The third kappa shape index (κ3) is 4.53. The summed E-state index contributed by atoms with van der Waals surface area (Å²) in [5.74, 6) is 0. The fraction of sp³-hybridized carbons (Fsp3) is 0.267. The van der Waals surface area contributed by atoms with Crippen molar-refractivity contribution >= 4 is 25.7 Å². The molecule has 24 heavy (non-hydrogen) atoms. The van der Waals surface area contributed by atoms with Crippen LogP contribution < -0.4 is 9.44 Å². The van der Waals surface area contributed by atoms with Crippen LogP contribution in [-0.4, -0.2) is 27.9 Å². The molecule has 1 atom stereocenters. The van der Waals surface area contributed by atoms with E-state index in [4.69, 9.17) is 0 Å². The van der Waals surface area contributed by atoms with E-state index in [2.05, 4.69) is 14.4 Å². The molecule has 0 radical (unpaired) electrons. The highest BCUT2D eigenvalue weighted by molar-refractivity contribution is 7.93. The van der Waals surface area contributed by atoms with Gasteiger partial charge in [0.2, 0.25) is 10.0 Å². The molecule has 0 saturated heterocycles. The zero-order valence-corrected chi connectivity index (χ0v) is 14.9. The van der Waals surface area contributed by atoms with Crippen molar-refractivity contribution in [1.82, 2.24) is 9.71 Å². The molecule has 0 aliphatic carbocycles. The Morgan fingerprint density at radius 3 is 2.17 bits per heavy atom. The lowest BCUT2D eigenvalue weighted by Gasteiger charge is -2.13.